The van der Waals surface area contributed by atoms with Crippen molar-refractivity contribution in [2.24, 2.45) is 13.0 Å². The van der Waals surface area contributed by atoms with Gasteiger partial charge < -0.3 is 10.3 Å². The molecule has 2 heterocycles. The highest BCUT2D eigenvalue weighted by Gasteiger charge is 2.31. The molecule has 0 radical (unpaired) electrons. The molecule has 2 N–H and O–H groups in total. The number of aromatic nitrogens is 4. The van der Waals surface area contributed by atoms with Crippen LogP contribution in [-0.2, 0) is 20.1 Å². The van der Waals surface area contributed by atoms with Crippen LogP contribution in [0.4, 0.5) is 19.0 Å². The molecular weight excluding hydrogens is 471 g/mol. The van der Waals surface area contributed by atoms with Gasteiger partial charge in [0.25, 0.3) is 5.56 Å². The molecule has 0 saturated heterocycles. The molecule has 0 spiro atoms. The summed E-state index contributed by atoms with van der Waals surface area (Å²) in [4.78, 5) is 42.1. The van der Waals surface area contributed by atoms with E-state index in [9.17, 15) is 27.6 Å². The van der Waals surface area contributed by atoms with Crippen molar-refractivity contribution in [2.75, 3.05) is 11.5 Å². The lowest BCUT2D eigenvalue weighted by molar-refractivity contribution is -0.141. The van der Waals surface area contributed by atoms with Crippen molar-refractivity contribution in [1.29, 1.82) is 0 Å². The smallest absolute Gasteiger partial charge is 0.384 e. The number of carbonyl (C=O) groups excluding carboxylic acids is 1. The quantitative estimate of drug-likeness (QED) is 0.380. The van der Waals surface area contributed by atoms with Crippen LogP contribution < -0.4 is 17.0 Å². The summed E-state index contributed by atoms with van der Waals surface area (Å²) in [6.45, 7) is 2.60. The van der Waals surface area contributed by atoms with E-state index in [2.05, 4.69) is 4.98 Å². The zero-order valence-electron chi connectivity index (χ0n) is 18.8. The van der Waals surface area contributed by atoms with Crippen molar-refractivity contribution in [1.82, 2.24) is 18.7 Å². The maximum atomic E-state index is 13.3. The Kier molecular flexibility index (Phi) is 7.39. The Morgan fingerprint density at radius 3 is 2.38 bits per heavy atom. The summed E-state index contributed by atoms with van der Waals surface area (Å²) in [5.74, 6) is -1.33. The maximum Gasteiger partial charge on any atom is 0.406 e. The number of nitrogens with zero attached hydrogens (tertiary/aromatic N) is 4. The van der Waals surface area contributed by atoms with E-state index in [0.717, 1.165) is 25.5 Å². The Morgan fingerprint density at radius 2 is 1.79 bits per heavy atom. The van der Waals surface area contributed by atoms with Gasteiger partial charge in [-0.25, -0.2) is 9.78 Å². The van der Waals surface area contributed by atoms with Gasteiger partial charge in [-0.2, -0.15) is 13.2 Å². The summed E-state index contributed by atoms with van der Waals surface area (Å²) in [7, 11) is 1.24. The molecule has 34 heavy (non-hydrogen) atoms. The van der Waals surface area contributed by atoms with Crippen molar-refractivity contribution in [3.05, 3.63) is 62.9 Å². The van der Waals surface area contributed by atoms with Crippen LogP contribution in [0.3, 0.4) is 0 Å². The second-order valence-electron chi connectivity index (χ2n) is 8.12. The Bertz CT molecular complexity index is 1310. The Balaban J connectivity index is 1.95. The number of thioether (sulfide) groups is 1. The molecular formula is C22H24F3N5O3S. The largest absolute Gasteiger partial charge is 0.406 e. The van der Waals surface area contributed by atoms with Crippen molar-refractivity contribution >= 4 is 23.4 Å². The minimum Gasteiger partial charge on any atom is -0.384 e. The number of anilines is 1. The first kappa shape index (κ1) is 25.3. The van der Waals surface area contributed by atoms with Crippen LogP contribution in [0.2, 0.25) is 0 Å². The minimum absolute atomic E-state index is 0.0149. The molecule has 0 saturated carbocycles. The van der Waals surface area contributed by atoms with Gasteiger partial charge in [-0.15, -0.1) is 0 Å². The number of Topliss-reactive ketones (excluding diaryl/α,β-unsaturated/α-hetero) is 1. The van der Waals surface area contributed by atoms with Crippen molar-refractivity contribution < 1.29 is 18.0 Å². The number of hydrogen-bond acceptors (Lipinski definition) is 6. The fourth-order valence-corrected chi connectivity index (χ4v) is 4.29. The van der Waals surface area contributed by atoms with Crippen LogP contribution in [0.15, 0.2) is 51.3 Å². The fourth-order valence-electron chi connectivity index (χ4n) is 3.43. The third-order valence-corrected chi connectivity index (χ3v) is 5.96. The number of ketones is 1. The van der Waals surface area contributed by atoms with Gasteiger partial charge in [0.2, 0.25) is 0 Å². The van der Waals surface area contributed by atoms with Crippen molar-refractivity contribution in [2.45, 2.75) is 38.3 Å². The predicted molar refractivity (Wildman–Crippen MR) is 124 cm³/mol. The number of carbonyl (C=O) groups is 1. The minimum atomic E-state index is -4.52. The molecule has 0 aliphatic carbocycles. The molecule has 182 valence electrons. The lowest BCUT2D eigenvalue weighted by Gasteiger charge is -2.16. The Labute approximate surface area is 197 Å². The van der Waals surface area contributed by atoms with E-state index in [-0.39, 0.29) is 40.4 Å². The molecule has 0 unspecified atom stereocenters. The van der Waals surface area contributed by atoms with Crippen LogP contribution >= 0.6 is 11.8 Å². The number of benzene rings is 1. The van der Waals surface area contributed by atoms with Crippen LogP contribution in [0.1, 0.15) is 24.2 Å². The molecule has 0 amide bonds. The highest BCUT2D eigenvalue weighted by Crippen LogP contribution is 2.30. The summed E-state index contributed by atoms with van der Waals surface area (Å²) in [5.41, 5.74) is 4.93. The van der Waals surface area contributed by atoms with E-state index in [1.165, 1.54) is 13.2 Å². The van der Waals surface area contributed by atoms with E-state index >= 15 is 0 Å². The number of alkyl halides is 3. The average molecular weight is 496 g/mol. The lowest BCUT2D eigenvalue weighted by Crippen LogP contribution is -2.43. The monoisotopic (exact) mass is 495 g/mol. The van der Waals surface area contributed by atoms with Gasteiger partial charge in [-0.3, -0.25) is 18.7 Å². The van der Waals surface area contributed by atoms with Crippen molar-refractivity contribution in [3.63, 3.8) is 0 Å². The summed E-state index contributed by atoms with van der Waals surface area (Å²) in [6.07, 6.45) is -3.21. The molecule has 3 rings (SSSR count). The van der Waals surface area contributed by atoms with Gasteiger partial charge >= 0.3 is 11.9 Å². The SMILES string of the molecule is CC(C)Cn1c(N)c(C(=O)CSc2ncc(-c3ccccc3)n2CC(F)(F)F)c(=O)n(C)c1=O. The Hall–Kier alpha value is -3.28. The number of halogens is 3. The molecule has 8 nitrogen and oxygen atoms in total. The van der Waals surface area contributed by atoms with Crippen LogP contribution in [0, 0.1) is 5.92 Å². The first-order valence-electron chi connectivity index (χ1n) is 10.3. The zero-order valence-corrected chi connectivity index (χ0v) is 19.6. The molecule has 12 heteroatoms. The van der Waals surface area contributed by atoms with E-state index in [1.54, 1.807) is 30.3 Å². The highest BCUT2D eigenvalue weighted by atomic mass is 32.2. The molecule has 1 aromatic carbocycles. The molecule has 0 aliphatic heterocycles. The molecule has 0 aliphatic rings. The number of nitrogen functional groups attached to an aromatic ring is 1. The van der Waals surface area contributed by atoms with E-state index in [4.69, 9.17) is 5.73 Å². The van der Waals surface area contributed by atoms with Gasteiger partial charge in [-0.05, 0) is 11.5 Å². The first-order valence-corrected chi connectivity index (χ1v) is 11.3. The second-order valence-corrected chi connectivity index (χ2v) is 9.06. The van der Waals surface area contributed by atoms with Crippen LogP contribution in [0.5, 0.6) is 0 Å². The van der Waals surface area contributed by atoms with E-state index < -0.39 is 29.8 Å². The van der Waals surface area contributed by atoms with E-state index in [1.807, 2.05) is 13.8 Å². The normalized spacial score (nSPS) is 11.9. The third kappa shape index (κ3) is 5.44. The number of imidazole rings is 1. The molecule has 0 fully saturated rings. The van der Waals surface area contributed by atoms with Crippen LogP contribution in [0.25, 0.3) is 11.3 Å². The molecule has 0 bridgehead atoms. The van der Waals surface area contributed by atoms with Crippen molar-refractivity contribution in [3.8, 4) is 11.3 Å². The zero-order chi connectivity index (χ0) is 25.2. The average Bonchev–Trinajstić information content (AvgIpc) is 3.15. The van der Waals surface area contributed by atoms with Gasteiger partial charge in [-0.1, -0.05) is 55.9 Å². The second kappa shape index (κ2) is 9.92. The van der Waals surface area contributed by atoms with Gasteiger partial charge in [0.15, 0.2) is 10.9 Å². The summed E-state index contributed by atoms with van der Waals surface area (Å²) in [6, 6.07) is 8.45. The topological polar surface area (TPSA) is 105 Å². The number of nitrogens with two attached hydrogens (primary N) is 1. The lowest BCUT2D eigenvalue weighted by atomic mass is 10.2. The molecule has 2 aromatic heterocycles. The number of hydrogen-bond donors (Lipinski definition) is 1. The predicted octanol–water partition coefficient (Wildman–Crippen LogP) is 3.19. The van der Waals surface area contributed by atoms with Gasteiger partial charge in [0, 0.05) is 13.6 Å². The standard InChI is InChI=1S/C22H24F3N5O3S/c1-13(2)10-29-18(26)17(19(32)28(3)21(29)33)16(31)11-34-20-27-9-15(14-7-5-4-6-8-14)30(20)12-22(23,24)25/h4-9,13H,10-12,26H2,1-3H3. The third-order valence-electron chi connectivity index (χ3n) is 4.97. The molecule has 0 atom stereocenters. The maximum absolute atomic E-state index is 13.3. The summed E-state index contributed by atoms with van der Waals surface area (Å²) >= 11 is 0.765. The van der Waals surface area contributed by atoms with Gasteiger partial charge in [0.05, 0.1) is 17.6 Å². The fraction of sp³-hybridized carbons (Fsp3) is 0.364. The number of rotatable bonds is 8. The first-order chi connectivity index (χ1) is 15.9. The Morgan fingerprint density at radius 1 is 1.15 bits per heavy atom. The molecule has 3 aromatic rings. The van der Waals surface area contributed by atoms with Gasteiger partial charge in [0.1, 0.15) is 17.9 Å². The van der Waals surface area contributed by atoms with E-state index in [0.29, 0.717) is 5.56 Å². The van der Waals surface area contributed by atoms with Crippen LogP contribution in [-0.4, -0.2) is 36.4 Å². The highest BCUT2D eigenvalue weighted by molar-refractivity contribution is 7.99. The summed E-state index contributed by atoms with van der Waals surface area (Å²) < 4.78 is 42.8. The summed E-state index contributed by atoms with van der Waals surface area (Å²) in [5, 5.41) is -0.0320.